The number of hydrogen-bond donors (Lipinski definition) is 0. The van der Waals surface area contributed by atoms with Crippen molar-refractivity contribution in [1.82, 2.24) is 0 Å². The molecule has 0 bridgehead atoms. The van der Waals surface area contributed by atoms with Crippen LogP contribution in [0.2, 0.25) is 0 Å². The van der Waals surface area contributed by atoms with E-state index in [2.05, 4.69) is 0 Å². The fraction of sp³-hybridized carbons (Fsp3) is 0.385. The minimum absolute atomic E-state index is 0.234. The molecular weight excluding hydrogens is 322 g/mol. The van der Waals surface area contributed by atoms with Gasteiger partial charge in [-0.2, -0.15) is 0 Å². The van der Waals surface area contributed by atoms with Crippen LogP contribution in [0.25, 0.3) is 18.8 Å². The predicted octanol–water partition coefficient (Wildman–Crippen LogP) is 5.64. The zero-order valence-corrected chi connectivity index (χ0v) is 13.4. The van der Waals surface area contributed by atoms with Crippen LogP contribution in [0, 0.1) is 11.6 Å². The molecule has 3 rings (SSSR count). The van der Waals surface area contributed by atoms with Gasteiger partial charge in [-0.05, 0) is 13.3 Å². The molecule has 0 aliphatic heterocycles. The molecular formula is C13H12F2O2S3. The van der Waals surface area contributed by atoms with Crippen LogP contribution in [-0.4, -0.2) is 13.2 Å². The molecule has 3 heterocycles. The first-order valence-corrected chi connectivity index (χ1v) is 8.70. The third kappa shape index (κ3) is 2.08. The molecule has 0 saturated heterocycles. The minimum atomic E-state index is -0.461. The third-order valence-corrected chi connectivity index (χ3v) is 6.25. The number of hydrogen-bond acceptors (Lipinski definition) is 5. The van der Waals surface area contributed by atoms with Crippen LogP contribution >= 0.6 is 34.0 Å². The summed E-state index contributed by atoms with van der Waals surface area (Å²) in [5, 5.41) is 1.15. The summed E-state index contributed by atoms with van der Waals surface area (Å²) in [5.74, 6) is -0.915. The molecule has 3 aromatic heterocycles. The summed E-state index contributed by atoms with van der Waals surface area (Å²) >= 11 is 3.86. The summed E-state index contributed by atoms with van der Waals surface area (Å²) in [4.78, 5) is 0. The first-order valence-electron chi connectivity index (χ1n) is 6.25. The maximum atomic E-state index is 14.4. The van der Waals surface area contributed by atoms with Gasteiger partial charge in [0.1, 0.15) is 0 Å². The molecule has 0 amide bonds. The molecule has 108 valence electrons. The third-order valence-electron chi connectivity index (χ3n) is 2.72. The molecule has 0 aliphatic carbocycles. The molecule has 7 heteroatoms. The molecule has 0 radical (unpaired) electrons. The number of rotatable bonds is 5. The van der Waals surface area contributed by atoms with Gasteiger partial charge in [0, 0.05) is 0 Å². The number of ether oxygens (including phenoxy) is 2. The van der Waals surface area contributed by atoms with Crippen molar-refractivity contribution in [2.24, 2.45) is 0 Å². The average Bonchev–Trinajstić information content (AvgIpc) is 3.01. The molecule has 0 fully saturated rings. The summed E-state index contributed by atoms with van der Waals surface area (Å²) in [7, 11) is 0. The predicted molar refractivity (Wildman–Crippen MR) is 82.0 cm³/mol. The van der Waals surface area contributed by atoms with Crippen molar-refractivity contribution in [3.05, 3.63) is 11.6 Å². The Bertz CT molecular complexity index is 757. The normalized spacial score (nSPS) is 11.6. The lowest BCUT2D eigenvalue weighted by molar-refractivity contribution is 0.312. The van der Waals surface area contributed by atoms with Crippen molar-refractivity contribution in [2.45, 2.75) is 20.3 Å². The Kier molecular flexibility index (Phi) is 3.83. The number of halogens is 2. The van der Waals surface area contributed by atoms with Gasteiger partial charge in [-0.3, -0.25) is 0 Å². The fourth-order valence-electron chi connectivity index (χ4n) is 1.91. The molecule has 0 aliphatic rings. The molecule has 0 aromatic carbocycles. The van der Waals surface area contributed by atoms with Crippen molar-refractivity contribution < 1.29 is 18.3 Å². The first-order chi connectivity index (χ1) is 9.67. The van der Waals surface area contributed by atoms with Crippen molar-refractivity contribution in [1.29, 1.82) is 0 Å². The monoisotopic (exact) mass is 334 g/mol. The van der Waals surface area contributed by atoms with E-state index in [1.807, 2.05) is 6.92 Å². The Morgan fingerprint density at radius 1 is 0.850 bits per heavy atom. The second-order valence-corrected chi connectivity index (χ2v) is 7.62. The van der Waals surface area contributed by atoms with Crippen LogP contribution < -0.4 is 9.47 Å². The van der Waals surface area contributed by atoms with Gasteiger partial charge >= 0.3 is 0 Å². The van der Waals surface area contributed by atoms with Crippen molar-refractivity contribution in [3.8, 4) is 10.1 Å². The molecule has 3 aromatic rings. The van der Waals surface area contributed by atoms with Crippen LogP contribution in [0.1, 0.15) is 20.3 Å². The Labute approximate surface area is 126 Å². The Balaban J connectivity index is 2.16. The minimum Gasteiger partial charge on any atom is -0.482 e. The highest BCUT2D eigenvalue weighted by molar-refractivity contribution is 7.49. The van der Waals surface area contributed by atoms with Gasteiger partial charge in [-0.1, -0.05) is 29.6 Å². The highest BCUT2D eigenvalue weighted by atomic mass is 32.2. The second kappa shape index (κ2) is 5.46. The fourth-order valence-corrected chi connectivity index (χ4v) is 5.73. The summed E-state index contributed by atoms with van der Waals surface area (Å²) in [6.07, 6.45) is 0.807. The van der Waals surface area contributed by atoms with Gasteiger partial charge in [0.2, 0.25) is 10.1 Å². The zero-order valence-electron chi connectivity index (χ0n) is 10.9. The Hall–Kier alpha value is -0.920. The topological polar surface area (TPSA) is 18.5 Å². The quantitative estimate of drug-likeness (QED) is 0.601. The zero-order chi connectivity index (χ0) is 14.3. The highest BCUT2D eigenvalue weighted by Gasteiger charge is 2.25. The largest absolute Gasteiger partial charge is 0.482 e. The van der Waals surface area contributed by atoms with Crippen molar-refractivity contribution in [2.75, 3.05) is 13.2 Å². The number of fused-ring (bicyclic) bond motifs is 3. The van der Waals surface area contributed by atoms with Gasteiger partial charge in [-0.25, -0.2) is 8.78 Å². The summed E-state index contributed by atoms with van der Waals surface area (Å²) in [6, 6.07) is 0. The van der Waals surface area contributed by atoms with Gasteiger partial charge in [0.25, 0.3) is 0 Å². The van der Waals surface area contributed by atoms with E-state index in [-0.39, 0.29) is 10.1 Å². The maximum Gasteiger partial charge on any atom is 0.212 e. The van der Waals surface area contributed by atoms with Crippen molar-refractivity contribution in [3.63, 3.8) is 0 Å². The average molecular weight is 334 g/mol. The second-order valence-electron chi connectivity index (χ2n) is 4.12. The van der Waals surface area contributed by atoms with Gasteiger partial charge in [0.05, 0.1) is 32.0 Å². The lowest BCUT2D eigenvalue weighted by atomic mass is 10.3. The smallest absolute Gasteiger partial charge is 0.212 e. The molecule has 2 nitrogen and oxygen atoms in total. The number of thiophene rings is 3. The van der Waals surface area contributed by atoms with E-state index in [0.717, 1.165) is 14.4 Å². The highest BCUT2D eigenvalue weighted by Crippen LogP contribution is 2.51. The molecule has 20 heavy (non-hydrogen) atoms. The Morgan fingerprint density at radius 3 is 1.90 bits per heavy atom. The first kappa shape index (κ1) is 14.0. The van der Waals surface area contributed by atoms with Crippen LogP contribution in [-0.2, 0) is 0 Å². The summed E-state index contributed by atoms with van der Waals surface area (Å²) < 4.78 is 40.8. The van der Waals surface area contributed by atoms with Gasteiger partial charge in [0.15, 0.2) is 11.6 Å². The Morgan fingerprint density at radius 2 is 1.40 bits per heavy atom. The van der Waals surface area contributed by atoms with Crippen LogP contribution in [0.3, 0.4) is 0 Å². The van der Waals surface area contributed by atoms with E-state index < -0.39 is 11.6 Å². The van der Waals surface area contributed by atoms with E-state index in [4.69, 9.17) is 9.47 Å². The van der Waals surface area contributed by atoms with Crippen LogP contribution in [0.4, 0.5) is 8.78 Å². The molecule has 0 saturated carbocycles. The molecule has 0 spiro atoms. The van der Waals surface area contributed by atoms with E-state index in [1.54, 1.807) is 6.92 Å². The van der Waals surface area contributed by atoms with Gasteiger partial charge in [-0.15, -0.1) is 11.3 Å². The van der Waals surface area contributed by atoms with E-state index in [0.29, 0.717) is 24.0 Å². The molecule has 0 unspecified atom stereocenters. The standard InChI is InChI=1S/C13H12F2O2S3/c1-3-5-17-11-9(15)7-6-8(14)10(16-4-2)18-12(6)20-13(7)19-11/h3-5H2,1-2H3. The van der Waals surface area contributed by atoms with Crippen LogP contribution in [0.5, 0.6) is 10.1 Å². The molecule has 0 atom stereocenters. The maximum absolute atomic E-state index is 14.4. The van der Waals surface area contributed by atoms with Crippen molar-refractivity contribution >= 4 is 52.8 Å². The lowest BCUT2D eigenvalue weighted by Gasteiger charge is -1.99. The van der Waals surface area contributed by atoms with Gasteiger partial charge < -0.3 is 9.47 Å². The summed E-state index contributed by atoms with van der Waals surface area (Å²) in [5.41, 5.74) is 0. The lowest BCUT2D eigenvalue weighted by Crippen LogP contribution is -1.94. The van der Waals surface area contributed by atoms with E-state index in [1.165, 1.54) is 34.0 Å². The van der Waals surface area contributed by atoms with Crippen LogP contribution in [0.15, 0.2) is 0 Å². The van der Waals surface area contributed by atoms with E-state index >= 15 is 0 Å². The molecule has 0 N–H and O–H groups in total. The summed E-state index contributed by atoms with van der Waals surface area (Å²) in [6.45, 7) is 4.61. The SMILES string of the molecule is CCCOc1sc2sc3sc(OCC)c(F)c3c2c1F. The van der Waals surface area contributed by atoms with E-state index in [9.17, 15) is 8.78 Å².